The molecular weight excluding hydrogens is 654 g/mol. The van der Waals surface area contributed by atoms with Crippen molar-refractivity contribution in [1.82, 2.24) is 15.6 Å². The van der Waals surface area contributed by atoms with Crippen molar-refractivity contribution < 1.29 is 24.4 Å². The predicted molar refractivity (Wildman–Crippen MR) is 200 cm³/mol. The molecule has 0 bridgehead atoms. The van der Waals surface area contributed by atoms with E-state index in [2.05, 4.69) is 46.0 Å². The Morgan fingerprint density at radius 1 is 0.788 bits per heavy atom. The first-order chi connectivity index (χ1) is 25.4. The molecule has 4 aromatic rings. The van der Waals surface area contributed by atoms with Gasteiger partial charge >= 0.3 is 0 Å². The number of aliphatic hydroxyl groups is 2. The molecule has 3 aromatic carbocycles. The Labute approximate surface area is 305 Å². The van der Waals surface area contributed by atoms with E-state index in [1.807, 2.05) is 68.5 Å². The van der Waals surface area contributed by atoms with E-state index in [0.717, 1.165) is 44.7 Å². The molecule has 1 unspecified atom stereocenters. The number of aryl methyl sites for hydroxylation is 2. The van der Waals surface area contributed by atoms with Gasteiger partial charge in [0.25, 0.3) is 0 Å². The molecule has 52 heavy (non-hydrogen) atoms. The standard InChI is InChI=1S/C42H45N5O5/c1-30-16-32(23-45-12-14-48)9-10-39(30)51-28-42(11-5-7-35(20-42)38-8-4-3-6-36(38)22-44)29-52-40-19-41(37(17-31(40)2)26-46-13-15-49)50-27-34-18-33(21-43)24-47-25-34/h3-11,16-19,24-25,45-46,48-49H,12-15,20,23,26-29H2,1-2H3. The average Bonchev–Trinajstić information content (AvgIpc) is 3.17. The van der Waals surface area contributed by atoms with Crippen LogP contribution in [0.2, 0.25) is 0 Å². The lowest BCUT2D eigenvalue weighted by molar-refractivity contribution is 0.121. The van der Waals surface area contributed by atoms with Crippen molar-refractivity contribution in [3.63, 3.8) is 0 Å². The van der Waals surface area contributed by atoms with Crippen molar-refractivity contribution in [2.45, 2.75) is 40.0 Å². The first kappa shape index (κ1) is 37.8. The smallest absolute Gasteiger partial charge is 0.128 e. The van der Waals surface area contributed by atoms with Crippen LogP contribution in [0.3, 0.4) is 0 Å². The van der Waals surface area contributed by atoms with Gasteiger partial charge in [-0.05, 0) is 72.4 Å². The second kappa shape index (κ2) is 18.7. The second-order valence-corrected chi connectivity index (χ2v) is 12.9. The Bertz CT molecular complexity index is 1980. The van der Waals surface area contributed by atoms with E-state index in [9.17, 15) is 15.6 Å². The first-order valence-corrected chi connectivity index (χ1v) is 17.3. The Kier molecular flexibility index (Phi) is 13.5. The molecule has 1 heterocycles. The van der Waals surface area contributed by atoms with Gasteiger partial charge in [0.2, 0.25) is 0 Å². The zero-order valence-electron chi connectivity index (χ0n) is 29.7. The van der Waals surface area contributed by atoms with Gasteiger partial charge in [-0.2, -0.15) is 10.5 Å². The highest BCUT2D eigenvalue weighted by Crippen LogP contribution is 2.40. The molecule has 0 spiro atoms. The summed E-state index contributed by atoms with van der Waals surface area (Å²) in [4.78, 5) is 4.16. The number of nitrogens with one attached hydrogen (secondary N) is 2. The van der Waals surface area contributed by atoms with Gasteiger partial charge in [-0.25, -0.2) is 0 Å². The summed E-state index contributed by atoms with van der Waals surface area (Å²) in [7, 11) is 0. The summed E-state index contributed by atoms with van der Waals surface area (Å²) in [5.74, 6) is 2.04. The zero-order valence-corrected chi connectivity index (χ0v) is 29.7. The van der Waals surface area contributed by atoms with Crippen molar-refractivity contribution in [1.29, 1.82) is 10.5 Å². The van der Waals surface area contributed by atoms with E-state index < -0.39 is 5.41 Å². The summed E-state index contributed by atoms with van der Waals surface area (Å²) in [6, 6.07) is 23.8. The van der Waals surface area contributed by atoms with Gasteiger partial charge < -0.3 is 35.1 Å². The van der Waals surface area contributed by atoms with Crippen LogP contribution in [0.4, 0.5) is 0 Å². The maximum Gasteiger partial charge on any atom is 0.128 e. The quantitative estimate of drug-likeness (QED) is 0.0956. The third-order valence-corrected chi connectivity index (χ3v) is 8.85. The fourth-order valence-electron chi connectivity index (χ4n) is 6.14. The molecule has 0 aliphatic heterocycles. The number of allylic oxidation sites excluding steroid dienone is 3. The fraction of sp³-hybridized carbons (Fsp3) is 0.310. The lowest BCUT2D eigenvalue weighted by atomic mass is 9.77. The third kappa shape index (κ3) is 10.1. The Balaban J connectivity index is 1.41. The number of rotatable bonds is 18. The molecule has 4 N–H and O–H groups in total. The SMILES string of the molecule is Cc1cc(CNCCO)ccc1OCC1(COc2cc(OCc3cncc(C#N)c3)c(CNCCO)cc2C)C=CC=C(c2ccccc2C#N)C1. The van der Waals surface area contributed by atoms with Gasteiger partial charge in [0.1, 0.15) is 43.1 Å². The lowest BCUT2D eigenvalue weighted by Gasteiger charge is -2.34. The lowest BCUT2D eigenvalue weighted by Crippen LogP contribution is -2.35. The molecular formula is C42H45N5O5. The summed E-state index contributed by atoms with van der Waals surface area (Å²) >= 11 is 0. The van der Waals surface area contributed by atoms with E-state index in [0.29, 0.717) is 61.8 Å². The largest absolute Gasteiger partial charge is 0.492 e. The maximum absolute atomic E-state index is 9.89. The van der Waals surface area contributed by atoms with Crippen LogP contribution in [0.15, 0.2) is 91.3 Å². The van der Waals surface area contributed by atoms with E-state index in [4.69, 9.17) is 19.3 Å². The van der Waals surface area contributed by atoms with Crippen LogP contribution in [0.1, 0.15) is 50.9 Å². The summed E-state index contributed by atoms with van der Waals surface area (Å²) in [5.41, 5.74) is 7.09. The highest BCUT2D eigenvalue weighted by molar-refractivity contribution is 5.73. The average molecular weight is 700 g/mol. The van der Waals surface area contributed by atoms with Crippen molar-refractivity contribution in [2.24, 2.45) is 5.41 Å². The number of aromatic nitrogens is 1. The van der Waals surface area contributed by atoms with Crippen LogP contribution < -0.4 is 24.8 Å². The van der Waals surface area contributed by atoms with Crippen LogP contribution >= 0.6 is 0 Å². The molecule has 5 rings (SSSR count). The number of hydrogen-bond donors (Lipinski definition) is 4. The fourth-order valence-corrected chi connectivity index (χ4v) is 6.14. The van der Waals surface area contributed by atoms with Crippen LogP contribution in [-0.4, -0.2) is 54.7 Å². The molecule has 1 atom stereocenters. The monoisotopic (exact) mass is 699 g/mol. The summed E-state index contributed by atoms with van der Waals surface area (Å²) in [6.45, 7) is 7.03. The summed E-state index contributed by atoms with van der Waals surface area (Å²) in [6.07, 6.45) is 9.97. The number of hydrogen-bond acceptors (Lipinski definition) is 10. The van der Waals surface area contributed by atoms with Crippen LogP contribution in [-0.2, 0) is 19.7 Å². The van der Waals surface area contributed by atoms with Gasteiger partial charge in [0.05, 0.1) is 35.8 Å². The molecule has 268 valence electrons. The van der Waals surface area contributed by atoms with Crippen molar-refractivity contribution in [3.05, 3.63) is 136 Å². The summed E-state index contributed by atoms with van der Waals surface area (Å²) < 4.78 is 19.5. The van der Waals surface area contributed by atoms with E-state index >= 15 is 0 Å². The van der Waals surface area contributed by atoms with E-state index in [-0.39, 0.29) is 26.4 Å². The highest BCUT2D eigenvalue weighted by Gasteiger charge is 2.34. The minimum Gasteiger partial charge on any atom is -0.492 e. The first-order valence-electron chi connectivity index (χ1n) is 17.3. The molecule has 10 heteroatoms. The summed E-state index contributed by atoms with van der Waals surface area (Å²) in [5, 5.41) is 44.1. The molecule has 10 nitrogen and oxygen atoms in total. The number of pyridine rings is 1. The van der Waals surface area contributed by atoms with Crippen molar-refractivity contribution in [3.8, 4) is 29.4 Å². The molecule has 0 fully saturated rings. The Hall–Kier alpha value is -5.49. The molecule has 1 aliphatic carbocycles. The van der Waals surface area contributed by atoms with Gasteiger partial charge in [-0.3, -0.25) is 4.98 Å². The van der Waals surface area contributed by atoms with E-state index in [1.165, 1.54) is 6.20 Å². The van der Waals surface area contributed by atoms with E-state index in [1.54, 1.807) is 12.3 Å². The van der Waals surface area contributed by atoms with Gasteiger partial charge in [0, 0.05) is 55.8 Å². The molecule has 0 saturated carbocycles. The van der Waals surface area contributed by atoms with Crippen LogP contribution in [0.25, 0.3) is 5.57 Å². The number of aliphatic hydroxyl groups excluding tert-OH is 2. The second-order valence-electron chi connectivity index (χ2n) is 12.9. The van der Waals surface area contributed by atoms with Gasteiger partial charge in [-0.15, -0.1) is 0 Å². The predicted octanol–water partition coefficient (Wildman–Crippen LogP) is 5.67. The molecule has 0 radical (unpaired) electrons. The number of nitrogens with zero attached hydrogens (tertiary/aromatic N) is 3. The topological polar surface area (TPSA) is 153 Å². The molecule has 1 aliphatic rings. The minimum absolute atomic E-state index is 0.0153. The van der Waals surface area contributed by atoms with Gasteiger partial charge in [0.15, 0.2) is 0 Å². The number of nitriles is 2. The van der Waals surface area contributed by atoms with Crippen LogP contribution in [0, 0.1) is 41.9 Å². The number of ether oxygens (including phenoxy) is 3. The highest BCUT2D eigenvalue weighted by atomic mass is 16.5. The van der Waals surface area contributed by atoms with Crippen molar-refractivity contribution in [2.75, 3.05) is 39.5 Å². The molecule has 0 amide bonds. The van der Waals surface area contributed by atoms with Crippen molar-refractivity contribution >= 4 is 5.57 Å². The molecule has 0 saturated heterocycles. The Morgan fingerprint density at radius 3 is 2.29 bits per heavy atom. The maximum atomic E-state index is 9.89. The third-order valence-electron chi connectivity index (χ3n) is 8.85. The minimum atomic E-state index is -0.585. The van der Waals surface area contributed by atoms with Gasteiger partial charge in [-0.1, -0.05) is 48.6 Å². The normalized spacial score (nSPS) is 15.0. The zero-order chi connectivity index (χ0) is 36.8. The molecule has 1 aromatic heterocycles. The number of benzene rings is 3. The Morgan fingerprint density at radius 2 is 1.54 bits per heavy atom. The van der Waals surface area contributed by atoms with Crippen LogP contribution in [0.5, 0.6) is 17.2 Å².